The molecule has 0 aliphatic carbocycles. The summed E-state index contributed by atoms with van der Waals surface area (Å²) in [4.78, 5) is 12.6. The fraction of sp³-hybridized carbons (Fsp3) is 0.148. The maximum atomic E-state index is 14.8. The number of hydrogen-bond donors (Lipinski definition) is 1. The van der Waals surface area contributed by atoms with Crippen molar-refractivity contribution in [3.63, 3.8) is 0 Å². The van der Waals surface area contributed by atoms with Gasteiger partial charge < -0.3 is 14.8 Å². The van der Waals surface area contributed by atoms with E-state index in [0.717, 1.165) is 6.20 Å². The van der Waals surface area contributed by atoms with Crippen molar-refractivity contribution >= 4 is 17.3 Å². The van der Waals surface area contributed by atoms with Crippen LogP contribution in [0.2, 0.25) is 0 Å². The Hall–Kier alpha value is -4.47. The minimum atomic E-state index is -4.77. The standard InChI is InChI=1S/C27H20F4N4O2/c1-36-21-12-11-15(13-22(21)37-2)33-26-32-14-19-24(35-26)17-8-4-3-7-16(17)23(34-25(19)27(29,30)31)18-9-5-6-10-20(18)28/h3-14,25H,1-2H3,(H,32,33,35). The molecule has 3 aromatic carbocycles. The van der Waals surface area contributed by atoms with Crippen LogP contribution in [-0.4, -0.2) is 36.1 Å². The van der Waals surface area contributed by atoms with Gasteiger partial charge in [-0.05, 0) is 24.3 Å². The Kier molecular flexibility index (Phi) is 6.24. The maximum Gasteiger partial charge on any atom is 0.415 e. The first-order valence-corrected chi connectivity index (χ1v) is 11.2. The van der Waals surface area contributed by atoms with Crippen LogP contribution in [0.5, 0.6) is 11.5 Å². The predicted octanol–water partition coefficient (Wildman–Crippen LogP) is 6.50. The number of anilines is 2. The summed E-state index contributed by atoms with van der Waals surface area (Å²) in [7, 11) is 2.99. The second kappa shape index (κ2) is 9.53. The van der Waals surface area contributed by atoms with Crippen molar-refractivity contribution in [2.45, 2.75) is 12.2 Å². The summed E-state index contributed by atoms with van der Waals surface area (Å²) in [5, 5.41) is 3.00. The van der Waals surface area contributed by atoms with E-state index >= 15 is 0 Å². The van der Waals surface area contributed by atoms with E-state index in [-0.39, 0.29) is 28.5 Å². The molecule has 0 fully saturated rings. The number of rotatable bonds is 5. The number of nitrogens with one attached hydrogen (secondary N) is 1. The Bertz CT molecular complexity index is 1500. The topological polar surface area (TPSA) is 68.6 Å². The highest BCUT2D eigenvalue weighted by Gasteiger charge is 2.45. The van der Waals surface area contributed by atoms with Crippen molar-refractivity contribution in [2.75, 3.05) is 19.5 Å². The Labute approximate surface area is 209 Å². The third-order valence-electron chi connectivity index (χ3n) is 5.89. The Morgan fingerprint density at radius 3 is 2.19 bits per heavy atom. The molecule has 1 unspecified atom stereocenters. The Balaban J connectivity index is 1.67. The normalized spacial score (nSPS) is 14.6. The molecule has 1 atom stereocenters. The third kappa shape index (κ3) is 4.57. The van der Waals surface area contributed by atoms with Crippen LogP contribution in [0, 0.1) is 5.82 Å². The number of fused-ring (bicyclic) bond motifs is 3. The number of halogens is 4. The van der Waals surface area contributed by atoms with Crippen LogP contribution >= 0.6 is 0 Å². The van der Waals surface area contributed by atoms with Crippen LogP contribution in [0.15, 0.2) is 77.9 Å². The van der Waals surface area contributed by atoms with Gasteiger partial charge in [-0.1, -0.05) is 36.4 Å². The zero-order valence-electron chi connectivity index (χ0n) is 19.7. The summed E-state index contributed by atoms with van der Waals surface area (Å²) >= 11 is 0. The van der Waals surface area contributed by atoms with E-state index in [0.29, 0.717) is 28.3 Å². The highest BCUT2D eigenvalue weighted by molar-refractivity contribution is 6.17. The summed E-state index contributed by atoms with van der Waals surface area (Å²) in [6.07, 6.45) is -3.66. The quantitative estimate of drug-likeness (QED) is 0.312. The molecule has 0 saturated carbocycles. The van der Waals surface area contributed by atoms with Gasteiger partial charge in [-0.25, -0.2) is 14.4 Å². The second-order valence-electron chi connectivity index (χ2n) is 8.14. The van der Waals surface area contributed by atoms with Gasteiger partial charge in [0.15, 0.2) is 17.5 Å². The van der Waals surface area contributed by atoms with Gasteiger partial charge in [-0.3, -0.25) is 4.99 Å². The van der Waals surface area contributed by atoms with E-state index in [1.165, 1.54) is 32.4 Å². The Morgan fingerprint density at radius 1 is 0.838 bits per heavy atom. The smallest absolute Gasteiger partial charge is 0.415 e. The summed E-state index contributed by atoms with van der Waals surface area (Å²) < 4.78 is 68.3. The van der Waals surface area contributed by atoms with E-state index in [1.807, 2.05) is 0 Å². The lowest BCUT2D eigenvalue weighted by atomic mass is 9.95. The number of alkyl halides is 3. The summed E-state index contributed by atoms with van der Waals surface area (Å²) in [6, 6.07) is 14.9. The van der Waals surface area contributed by atoms with E-state index in [2.05, 4.69) is 20.3 Å². The average molecular weight is 508 g/mol. The molecule has 6 nitrogen and oxygen atoms in total. The molecule has 1 N–H and O–H groups in total. The molecule has 1 aromatic heterocycles. The van der Waals surface area contributed by atoms with Gasteiger partial charge in [0.25, 0.3) is 0 Å². The first-order chi connectivity index (χ1) is 17.8. The lowest BCUT2D eigenvalue weighted by molar-refractivity contribution is -0.148. The lowest BCUT2D eigenvalue weighted by Gasteiger charge is -2.18. The van der Waals surface area contributed by atoms with Crippen molar-refractivity contribution in [3.05, 3.63) is 95.4 Å². The molecule has 10 heteroatoms. The van der Waals surface area contributed by atoms with Crippen molar-refractivity contribution in [1.29, 1.82) is 0 Å². The molecule has 5 rings (SSSR count). The van der Waals surface area contributed by atoms with E-state index in [9.17, 15) is 17.6 Å². The number of aliphatic imine (C=N–C) groups is 1. The van der Waals surface area contributed by atoms with Gasteiger partial charge >= 0.3 is 6.18 Å². The lowest BCUT2D eigenvalue weighted by Crippen LogP contribution is -2.21. The number of nitrogens with zero attached hydrogens (tertiary/aromatic N) is 3. The molecule has 188 valence electrons. The number of benzene rings is 3. The van der Waals surface area contributed by atoms with E-state index < -0.39 is 18.0 Å². The van der Waals surface area contributed by atoms with Crippen LogP contribution in [0.4, 0.5) is 29.2 Å². The fourth-order valence-corrected chi connectivity index (χ4v) is 4.19. The first-order valence-electron chi connectivity index (χ1n) is 11.2. The van der Waals surface area contributed by atoms with Crippen LogP contribution in [0.25, 0.3) is 11.3 Å². The second-order valence-corrected chi connectivity index (χ2v) is 8.14. The highest BCUT2D eigenvalue weighted by atomic mass is 19.4. The zero-order chi connectivity index (χ0) is 26.2. The molecule has 1 aliphatic heterocycles. The average Bonchev–Trinajstić information content (AvgIpc) is 3.04. The van der Waals surface area contributed by atoms with E-state index in [1.54, 1.807) is 48.5 Å². The fourth-order valence-electron chi connectivity index (χ4n) is 4.19. The maximum absolute atomic E-state index is 14.8. The first kappa shape index (κ1) is 24.2. The molecular weight excluding hydrogens is 488 g/mol. The zero-order valence-corrected chi connectivity index (χ0v) is 19.7. The van der Waals surface area contributed by atoms with E-state index in [4.69, 9.17) is 9.47 Å². The van der Waals surface area contributed by atoms with Crippen LogP contribution in [-0.2, 0) is 0 Å². The van der Waals surface area contributed by atoms with Crippen molar-refractivity contribution in [1.82, 2.24) is 9.97 Å². The number of hydrogen-bond acceptors (Lipinski definition) is 6. The molecule has 37 heavy (non-hydrogen) atoms. The van der Waals surface area contributed by atoms with Crippen LogP contribution in [0.1, 0.15) is 22.7 Å². The minimum Gasteiger partial charge on any atom is -0.493 e. The monoisotopic (exact) mass is 508 g/mol. The number of ether oxygens (including phenoxy) is 2. The number of aromatic nitrogens is 2. The molecule has 0 amide bonds. The molecule has 0 radical (unpaired) electrons. The molecular formula is C27H20F4N4O2. The predicted molar refractivity (Wildman–Crippen MR) is 131 cm³/mol. The van der Waals surface area contributed by atoms with Crippen LogP contribution in [0.3, 0.4) is 0 Å². The van der Waals surface area contributed by atoms with Crippen LogP contribution < -0.4 is 14.8 Å². The molecule has 0 bridgehead atoms. The van der Waals surface area contributed by atoms with Crippen molar-refractivity contribution in [2.24, 2.45) is 4.99 Å². The molecule has 0 spiro atoms. The SMILES string of the molecule is COc1ccc(Nc2ncc3c(n2)-c2ccccc2C(c2ccccc2F)=NC3C(F)(F)F)cc1OC. The Morgan fingerprint density at radius 2 is 1.51 bits per heavy atom. The summed E-state index contributed by atoms with van der Waals surface area (Å²) in [5.74, 6) is 0.351. The third-order valence-corrected chi connectivity index (χ3v) is 5.89. The van der Waals surface area contributed by atoms with Gasteiger partial charge in [0.2, 0.25) is 5.95 Å². The largest absolute Gasteiger partial charge is 0.493 e. The van der Waals surface area contributed by atoms with Gasteiger partial charge in [0.05, 0.1) is 25.6 Å². The van der Waals surface area contributed by atoms with Gasteiger partial charge in [-0.2, -0.15) is 13.2 Å². The molecule has 0 saturated heterocycles. The summed E-state index contributed by atoms with van der Waals surface area (Å²) in [6.45, 7) is 0. The number of methoxy groups -OCH3 is 2. The van der Waals surface area contributed by atoms with Gasteiger partial charge in [-0.15, -0.1) is 0 Å². The molecule has 1 aliphatic rings. The molecule has 4 aromatic rings. The summed E-state index contributed by atoms with van der Waals surface area (Å²) in [5.41, 5.74) is 0.919. The highest BCUT2D eigenvalue weighted by Crippen LogP contribution is 2.44. The minimum absolute atomic E-state index is 0.0337. The van der Waals surface area contributed by atoms with Crippen molar-refractivity contribution in [3.8, 4) is 22.8 Å². The molecule has 2 heterocycles. The van der Waals surface area contributed by atoms with Gasteiger partial charge in [0.1, 0.15) is 5.82 Å². The van der Waals surface area contributed by atoms with Gasteiger partial charge in [0, 0.05) is 40.2 Å². The van der Waals surface area contributed by atoms with Crippen molar-refractivity contribution < 1.29 is 27.0 Å².